The fraction of sp³-hybridized carbons (Fsp3) is 0.511. The highest BCUT2D eigenvalue weighted by Crippen LogP contribution is 2.57. The lowest BCUT2D eigenvalue weighted by Crippen LogP contribution is -2.51. The minimum atomic E-state index is -0.861. The molecule has 8 heteroatoms. The van der Waals surface area contributed by atoms with Crippen LogP contribution in [0.2, 0.25) is 0 Å². The van der Waals surface area contributed by atoms with E-state index in [0.29, 0.717) is 30.9 Å². The second-order valence-electron chi connectivity index (χ2n) is 16.5. The summed E-state index contributed by atoms with van der Waals surface area (Å²) in [6, 6.07) is 20.2. The van der Waals surface area contributed by atoms with Crippen LogP contribution >= 0.6 is 0 Å². The first kappa shape index (κ1) is 40.1. The van der Waals surface area contributed by atoms with Crippen molar-refractivity contribution in [2.45, 2.75) is 99.1 Å². The van der Waals surface area contributed by atoms with E-state index in [1.165, 1.54) is 0 Å². The van der Waals surface area contributed by atoms with Crippen molar-refractivity contribution < 1.29 is 19.1 Å². The minimum absolute atomic E-state index is 0.0148. The quantitative estimate of drug-likeness (QED) is 0.0892. The van der Waals surface area contributed by atoms with Crippen molar-refractivity contribution in [3.05, 3.63) is 95.1 Å². The van der Waals surface area contributed by atoms with E-state index in [-0.39, 0.29) is 29.6 Å². The summed E-state index contributed by atoms with van der Waals surface area (Å²) < 4.78 is 6.74. The molecule has 3 aromatic carbocycles. The molecule has 2 heterocycles. The Bertz CT molecular complexity index is 1870. The van der Waals surface area contributed by atoms with Gasteiger partial charge in [0.15, 0.2) is 5.78 Å². The monoisotopic (exact) mass is 746 g/mol. The maximum Gasteiger partial charge on any atom is 0.245 e. The van der Waals surface area contributed by atoms with Crippen molar-refractivity contribution in [2.24, 2.45) is 17.3 Å². The zero-order valence-electron chi connectivity index (χ0n) is 34.7. The summed E-state index contributed by atoms with van der Waals surface area (Å²) in [5.41, 5.74) is 5.87. The van der Waals surface area contributed by atoms with E-state index in [1.54, 1.807) is 9.80 Å². The number of fused-ring (bicyclic) bond motifs is 2. The SMILES string of the molecule is C=C(C)[C@H](CC(C)C)N(C)C(=O)C1CCCN1C(=O)C1(C)CC1C(=O)c1ccccc1C1c2ccc(N(CC)CC)cc2Oc2cc(N(CC)CC)ccc21. The molecule has 294 valence electrons. The third-order valence-electron chi connectivity index (χ3n) is 12.6. The van der Waals surface area contributed by atoms with E-state index in [9.17, 15) is 14.4 Å². The molecule has 0 spiro atoms. The summed E-state index contributed by atoms with van der Waals surface area (Å²) in [5.74, 6) is 1.15. The molecule has 0 bridgehead atoms. The van der Waals surface area contributed by atoms with Crippen LogP contribution in [0.25, 0.3) is 0 Å². The van der Waals surface area contributed by atoms with Gasteiger partial charge in [-0.1, -0.05) is 69.3 Å². The van der Waals surface area contributed by atoms with Gasteiger partial charge in [0.05, 0.1) is 11.5 Å². The third-order valence-corrected chi connectivity index (χ3v) is 12.6. The van der Waals surface area contributed by atoms with Crippen molar-refractivity contribution in [3.8, 4) is 11.5 Å². The Labute approximate surface area is 329 Å². The van der Waals surface area contributed by atoms with E-state index < -0.39 is 17.4 Å². The highest BCUT2D eigenvalue weighted by Gasteiger charge is 2.62. The molecule has 3 unspecified atom stereocenters. The van der Waals surface area contributed by atoms with Gasteiger partial charge in [-0.25, -0.2) is 0 Å². The van der Waals surface area contributed by atoms with Gasteiger partial charge in [0, 0.05) is 91.8 Å². The van der Waals surface area contributed by atoms with Gasteiger partial charge in [0.25, 0.3) is 0 Å². The molecule has 0 aromatic heterocycles. The summed E-state index contributed by atoms with van der Waals surface area (Å²) in [7, 11) is 1.84. The number of hydrogen-bond donors (Lipinski definition) is 0. The van der Waals surface area contributed by atoms with Gasteiger partial charge in [-0.2, -0.15) is 0 Å². The Morgan fingerprint density at radius 1 is 0.873 bits per heavy atom. The van der Waals surface area contributed by atoms with Crippen molar-refractivity contribution in [1.29, 1.82) is 0 Å². The molecule has 3 aliphatic rings. The second kappa shape index (κ2) is 16.3. The van der Waals surface area contributed by atoms with Crippen LogP contribution in [0.3, 0.4) is 0 Å². The largest absolute Gasteiger partial charge is 0.457 e. The number of carbonyl (C=O) groups excluding carboxylic acids is 3. The number of Topliss-reactive ketones (excluding diaryl/α,β-unsaturated/α-hetero) is 1. The van der Waals surface area contributed by atoms with Gasteiger partial charge in [-0.15, -0.1) is 0 Å². The van der Waals surface area contributed by atoms with Crippen LogP contribution in [0.4, 0.5) is 11.4 Å². The maximum absolute atomic E-state index is 14.8. The Balaban J connectivity index is 1.32. The fourth-order valence-electron chi connectivity index (χ4n) is 9.16. The number of ether oxygens (including phenoxy) is 1. The van der Waals surface area contributed by atoms with Crippen molar-refractivity contribution in [2.75, 3.05) is 49.6 Å². The van der Waals surface area contributed by atoms with E-state index in [0.717, 1.165) is 84.2 Å². The Kier molecular flexibility index (Phi) is 11.8. The lowest BCUT2D eigenvalue weighted by molar-refractivity contribution is -0.147. The van der Waals surface area contributed by atoms with Crippen LogP contribution in [0.5, 0.6) is 11.5 Å². The number of likely N-dealkylation sites (tertiary alicyclic amines) is 1. The fourth-order valence-corrected chi connectivity index (χ4v) is 9.16. The van der Waals surface area contributed by atoms with Gasteiger partial charge >= 0.3 is 0 Å². The average Bonchev–Trinajstić information content (AvgIpc) is 3.64. The second-order valence-corrected chi connectivity index (χ2v) is 16.5. The number of benzene rings is 3. The van der Waals surface area contributed by atoms with Crippen molar-refractivity contribution in [3.63, 3.8) is 0 Å². The predicted molar refractivity (Wildman–Crippen MR) is 224 cm³/mol. The van der Waals surface area contributed by atoms with Crippen LogP contribution in [0.15, 0.2) is 72.8 Å². The first-order valence-electron chi connectivity index (χ1n) is 20.6. The molecule has 2 fully saturated rings. The smallest absolute Gasteiger partial charge is 0.245 e. The molecule has 2 aliphatic heterocycles. The molecular formula is C47H62N4O4. The molecule has 0 N–H and O–H groups in total. The minimum Gasteiger partial charge on any atom is -0.457 e. The van der Waals surface area contributed by atoms with Crippen LogP contribution in [-0.4, -0.2) is 79.3 Å². The van der Waals surface area contributed by atoms with E-state index in [2.05, 4.69) is 100 Å². The Morgan fingerprint density at radius 2 is 1.44 bits per heavy atom. The molecule has 3 aromatic rings. The highest BCUT2D eigenvalue weighted by atomic mass is 16.5. The molecule has 1 saturated carbocycles. The molecular weight excluding hydrogens is 685 g/mol. The van der Waals surface area contributed by atoms with Crippen molar-refractivity contribution >= 4 is 29.0 Å². The molecule has 0 radical (unpaired) electrons. The molecule has 4 atom stereocenters. The standard InChI is InChI=1S/C47H62N4O4/c1-11-49(12-2)32-21-23-36-41(27-32)55-42-28-33(50(13-3)14-4)22-24-37(42)43(36)34-18-15-16-19-35(34)44(52)38-29-47(38,9)46(54)51-25-17-20-39(51)45(53)48(10)40(31(7)8)26-30(5)6/h15-16,18-19,21-24,27-28,30,38-40,43H,7,11-14,17,20,25-26,29H2,1-6,8-10H3/t38?,39?,40-,47?/m0/s1. The first-order chi connectivity index (χ1) is 26.3. The van der Waals surface area contributed by atoms with E-state index in [4.69, 9.17) is 4.74 Å². The highest BCUT2D eigenvalue weighted by molar-refractivity contribution is 6.07. The number of hydrogen-bond acceptors (Lipinski definition) is 6. The van der Waals surface area contributed by atoms with Crippen LogP contribution < -0.4 is 14.5 Å². The summed E-state index contributed by atoms with van der Waals surface area (Å²) in [4.78, 5) is 51.4. The van der Waals surface area contributed by atoms with Crippen LogP contribution in [-0.2, 0) is 9.59 Å². The summed E-state index contributed by atoms with van der Waals surface area (Å²) in [5, 5.41) is 0. The van der Waals surface area contributed by atoms with E-state index in [1.807, 2.05) is 39.1 Å². The molecule has 8 nitrogen and oxygen atoms in total. The molecule has 1 aliphatic carbocycles. The third kappa shape index (κ3) is 7.53. The number of carbonyl (C=O) groups is 3. The van der Waals surface area contributed by atoms with Crippen LogP contribution in [0.1, 0.15) is 114 Å². The molecule has 55 heavy (non-hydrogen) atoms. The number of rotatable bonds is 15. The van der Waals surface area contributed by atoms with Gasteiger partial charge in [-0.3, -0.25) is 14.4 Å². The average molecular weight is 747 g/mol. The number of amides is 2. The van der Waals surface area contributed by atoms with Gasteiger partial charge in [0.2, 0.25) is 11.8 Å². The number of likely N-dealkylation sites (N-methyl/N-ethyl adjacent to an activating group) is 1. The van der Waals surface area contributed by atoms with Gasteiger partial charge in [-0.05, 0) is 83.9 Å². The molecule has 2 amide bonds. The van der Waals surface area contributed by atoms with Gasteiger partial charge in [0.1, 0.15) is 17.5 Å². The molecule has 6 rings (SSSR count). The zero-order valence-corrected chi connectivity index (χ0v) is 34.7. The summed E-state index contributed by atoms with van der Waals surface area (Å²) >= 11 is 0. The predicted octanol–water partition coefficient (Wildman–Crippen LogP) is 9.31. The lowest BCUT2D eigenvalue weighted by atomic mass is 9.79. The Morgan fingerprint density at radius 3 is 1.96 bits per heavy atom. The number of ketones is 1. The Hall–Kier alpha value is -4.59. The normalized spacial score (nSPS) is 20.7. The first-order valence-corrected chi connectivity index (χ1v) is 20.6. The van der Waals surface area contributed by atoms with Crippen molar-refractivity contribution in [1.82, 2.24) is 9.80 Å². The lowest BCUT2D eigenvalue weighted by Gasteiger charge is -2.35. The maximum atomic E-state index is 14.8. The number of nitrogens with zero attached hydrogens (tertiary/aromatic N) is 4. The topological polar surface area (TPSA) is 73.4 Å². The molecule has 1 saturated heterocycles. The summed E-state index contributed by atoms with van der Waals surface area (Å²) in [6.45, 7) is 25.0. The van der Waals surface area contributed by atoms with Crippen LogP contribution in [0, 0.1) is 17.3 Å². The summed E-state index contributed by atoms with van der Waals surface area (Å²) in [6.07, 6.45) is 2.69. The van der Waals surface area contributed by atoms with E-state index >= 15 is 0 Å². The van der Waals surface area contributed by atoms with Gasteiger partial charge < -0.3 is 24.3 Å². The number of anilines is 2. The zero-order chi connectivity index (χ0) is 39.8.